The van der Waals surface area contributed by atoms with Gasteiger partial charge in [-0.05, 0) is 12.6 Å². The normalized spacial score (nSPS) is 12.9. The summed E-state index contributed by atoms with van der Waals surface area (Å²) >= 11 is 1.44. The Kier molecular flexibility index (Phi) is 3.98. The SMILES string of the molecule is CN(Cc1ccccc1)[C@@H](c1cnn(C)c1)c1sc2ncnn2c1O. The first-order valence-electron chi connectivity index (χ1n) is 7.87. The largest absolute Gasteiger partial charge is 0.492 e. The van der Waals surface area contributed by atoms with Crippen LogP contribution in [-0.4, -0.2) is 41.4 Å². The number of hydrogen-bond acceptors (Lipinski definition) is 6. The van der Waals surface area contributed by atoms with Crippen molar-refractivity contribution in [1.29, 1.82) is 0 Å². The van der Waals surface area contributed by atoms with Crippen molar-refractivity contribution in [3.05, 3.63) is 65.1 Å². The molecule has 0 radical (unpaired) electrons. The first kappa shape index (κ1) is 15.8. The van der Waals surface area contributed by atoms with Crippen LogP contribution < -0.4 is 0 Å². The van der Waals surface area contributed by atoms with E-state index < -0.39 is 0 Å². The van der Waals surface area contributed by atoms with Crippen LogP contribution in [0.25, 0.3) is 4.96 Å². The third-order valence-corrected chi connectivity index (χ3v) is 5.23. The van der Waals surface area contributed by atoms with E-state index in [1.54, 1.807) is 4.68 Å². The highest BCUT2D eigenvalue weighted by atomic mass is 32.1. The Morgan fingerprint density at radius 3 is 2.72 bits per heavy atom. The van der Waals surface area contributed by atoms with E-state index in [2.05, 4.69) is 32.2 Å². The average molecular weight is 354 g/mol. The number of nitrogens with zero attached hydrogens (tertiary/aromatic N) is 6. The van der Waals surface area contributed by atoms with Crippen LogP contribution in [0.5, 0.6) is 5.88 Å². The Labute approximate surface area is 148 Å². The van der Waals surface area contributed by atoms with E-state index in [-0.39, 0.29) is 11.9 Å². The molecule has 0 aliphatic heterocycles. The van der Waals surface area contributed by atoms with Gasteiger partial charge in [0, 0.05) is 25.4 Å². The van der Waals surface area contributed by atoms with Gasteiger partial charge in [0.1, 0.15) is 6.33 Å². The van der Waals surface area contributed by atoms with Crippen molar-refractivity contribution < 1.29 is 5.11 Å². The molecule has 1 N–H and O–H groups in total. The fourth-order valence-electron chi connectivity index (χ4n) is 3.02. The molecular formula is C17H18N6OS. The van der Waals surface area contributed by atoms with Crippen LogP contribution in [0.3, 0.4) is 0 Å². The van der Waals surface area contributed by atoms with Crippen LogP contribution in [-0.2, 0) is 13.6 Å². The molecule has 0 unspecified atom stereocenters. The van der Waals surface area contributed by atoms with Crippen molar-refractivity contribution in [3.63, 3.8) is 0 Å². The molecule has 1 aromatic carbocycles. The predicted molar refractivity (Wildman–Crippen MR) is 95.5 cm³/mol. The highest BCUT2D eigenvalue weighted by Gasteiger charge is 2.28. The van der Waals surface area contributed by atoms with Gasteiger partial charge >= 0.3 is 0 Å². The summed E-state index contributed by atoms with van der Waals surface area (Å²) in [7, 11) is 3.93. The second-order valence-electron chi connectivity index (χ2n) is 5.99. The third-order valence-electron chi connectivity index (χ3n) is 4.14. The van der Waals surface area contributed by atoms with E-state index in [1.807, 2.05) is 44.7 Å². The zero-order valence-electron chi connectivity index (χ0n) is 13.9. The lowest BCUT2D eigenvalue weighted by atomic mass is 10.1. The molecule has 0 spiro atoms. The first-order chi connectivity index (χ1) is 12.1. The summed E-state index contributed by atoms with van der Waals surface area (Å²) in [5, 5.41) is 19.0. The van der Waals surface area contributed by atoms with E-state index in [9.17, 15) is 5.11 Å². The zero-order chi connectivity index (χ0) is 17.4. The molecule has 3 heterocycles. The highest BCUT2D eigenvalue weighted by molar-refractivity contribution is 7.17. The smallest absolute Gasteiger partial charge is 0.230 e. The molecule has 7 nitrogen and oxygen atoms in total. The van der Waals surface area contributed by atoms with Crippen molar-refractivity contribution in [1.82, 2.24) is 29.3 Å². The molecule has 0 aliphatic carbocycles. The number of benzene rings is 1. The molecule has 4 aromatic rings. The maximum atomic E-state index is 10.6. The molecule has 128 valence electrons. The van der Waals surface area contributed by atoms with Crippen molar-refractivity contribution in [3.8, 4) is 5.88 Å². The summed E-state index contributed by atoms with van der Waals surface area (Å²) in [6, 6.07) is 10.1. The number of thiazole rings is 1. The van der Waals surface area contributed by atoms with Gasteiger partial charge in [-0.3, -0.25) is 9.58 Å². The van der Waals surface area contributed by atoms with Crippen LogP contribution in [0.1, 0.15) is 22.0 Å². The van der Waals surface area contributed by atoms with Crippen molar-refractivity contribution in [2.24, 2.45) is 7.05 Å². The Morgan fingerprint density at radius 2 is 2.04 bits per heavy atom. The summed E-state index contributed by atoms with van der Waals surface area (Å²) < 4.78 is 3.24. The number of aryl methyl sites for hydroxylation is 1. The molecule has 0 saturated heterocycles. The summed E-state index contributed by atoms with van der Waals surface area (Å²) in [6.07, 6.45) is 5.26. The highest BCUT2D eigenvalue weighted by Crippen LogP contribution is 2.39. The minimum Gasteiger partial charge on any atom is -0.492 e. The van der Waals surface area contributed by atoms with Crippen molar-refractivity contribution in [2.45, 2.75) is 12.6 Å². The van der Waals surface area contributed by atoms with Crippen LogP contribution in [0.4, 0.5) is 0 Å². The fourth-order valence-corrected chi connectivity index (χ4v) is 4.14. The monoisotopic (exact) mass is 354 g/mol. The molecule has 1 atom stereocenters. The molecule has 3 aromatic heterocycles. The van der Waals surface area contributed by atoms with Crippen LogP contribution in [0, 0.1) is 0 Å². The predicted octanol–water partition coefficient (Wildman–Crippen LogP) is 2.45. The van der Waals surface area contributed by atoms with Gasteiger partial charge in [-0.25, -0.2) is 4.98 Å². The number of aromatic hydroxyl groups is 1. The van der Waals surface area contributed by atoms with E-state index in [0.29, 0.717) is 4.96 Å². The Bertz CT molecular complexity index is 989. The van der Waals surface area contributed by atoms with E-state index in [1.165, 1.54) is 27.7 Å². The molecule has 0 fully saturated rings. The van der Waals surface area contributed by atoms with Crippen molar-refractivity contribution in [2.75, 3.05) is 7.05 Å². The minimum atomic E-state index is -0.137. The van der Waals surface area contributed by atoms with Gasteiger partial charge in [0.2, 0.25) is 10.8 Å². The molecule has 0 bridgehead atoms. The lowest BCUT2D eigenvalue weighted by molar-refractivity contribution is 0.267. The lowest BCUT2D eigenvalue weighted by Gasteiger charge is -2.26. The second-order valence-corrected chi connectivity index (χ2v) is 7.00. The summed E-state index contributed by atoms with van der Waals surface area (Å²) in [4.78, 5) is 7.87. The van der Waals surface area contributed by atoms with E-state index >= 15 is 0 Å². The molecule has 0 amide bonds. The van der Waals surface area contributed by atoms with Gasteiger partial charge in [-0.1, -0.05) is 41.7 Å². The fraction of sp³-hybridized carbons (Fsp3) is 0.235. The quantitative estimate of drug-likeness (QED) is 0.596. The van der Waals surface area contributed by atoms with Crippen LogP contribution in [0.15, 0.2) is 49.1 Å². The second kappa shape index (κ2) is 6.30. The number of hydrogen-bond donors (Lipinski definition) is 1. The zero-order valence-corrected chi connectivity index (χ0v) is 14.8. The Morgan fingerprint density at radius 1 is 1.24 bits per heavy atom. The maximum absolute atomic E-state index is 10.6. The summed E-state index contributed by atoms with van der Waals surface area (Å²) in [6.45, 7) is 0.744. The van der Waals surface area contributed by atoms with Gasteiger partial charge in [0.15, 0.2) is 0 Å². The van der Waals surface area contributed by atoms with Gasteiger partial charge < -0.3 is 5.11 Å². The summed E-state index contributed by atoms with van der Waals surface area (Å²) in [5.41, 5.74) is 2.22. The van der Waals surface area contributed by atoms with Gasteiger partial charge in [0.25, 0.3) is 0 Å². The van der Waals surface area contributed by atoms with Gasteiger partial charge in [0.05, 0.1) is 17.1 Å². The van der Waals surface area contributed by atoms with E-state index in [4.69, 9.17) is 0 Å². The van der Waals surface area contributed by atoms with Crippen molar-refractivity contribution >= 4 is 16.3 Å². The molecule has 0 aliphatic rings. The molecule has 25 heavy (non-hydrogen) atoms. The van der Waals surface area contributed by atoms with Crippen LogP contribution >= 0.6 is 11.3 Å². The first-order valence-corrected chi connectivity index (χ1v) is 8.69. The molecule has 4 rings (SSSR count). The molecule has 0 saturated carbocycles. The number of fused-ring (bicyclic) bond motifs is 1. The molecule has 8 heteroatoms. The maximum Gasteiger partial charge on any atom is 0.230 e. The van der Waals surface area contributed by atoms with E-state index in [0.717, 1.165) is 17.0 Å². The van der Waals surface area contributed by atoms with Crippen LogP contribution in [0.2, 0.25) is 0 Å². The lowest BCUT2D eigenvalue weighted by Crippen LogP contribution is -2.24. The summed E-state index contributed by atoms with van der Waals surface area (Å²) in [5.74, 6) is 0.131. The van der Waals surface area contributed by atoms with Gasteiger partial charge in [-0.2, -0.15) is 14.7 Å². The topological polar surface area (TPSA) is 71.5 Å². The standard InChI is InChI=1S/C17H18N6OS/c1-21(9-12-6-4-3-5-7-12)14(13-8-19-22(2)10-13)15-16(24)23-17(25-15)18-11-20-23/h3-8,10-11,14,24H,9H2,1-2H3/t14-/m0/s1. The average Bonchev–Trinajstić information content (AvgIpc) is 3.29. The van der Waals surface area contributed by atoms with Gasteiger partial charge in [-0.15, -0.1) is 0 Å². The Balaban J connectivity index is 1.76. The number of aromatic nitrogens is 5. The molecular weight excluding hydrogens is 336 g/mol. The Hall–Kier alpha value is -2.71. The number of rotatable bonds is 5. The third kappa shape index (κ3) is 2.90. The minimum absolute atomic E-state index is 0.131.